The molecule has 4 rings (SSSR count). The van der Waals surface area contributed by atoms with Crippen molar-refractivity contribution in [2.75, 3.05) is 11.4 Å². The molecule has 1 atom stereocenters. The number of rotatable bonds is 4. The number of aryl methyl sites for hydroxylation is 1. The lowest BCUT2D eigenvalue weighted by atomic mass is 9.94. The highest BCUT2D eigenvalue weighted by Crippen LogP contribution is 2.35. The van der Waals surface area contributed by atoms with E-state index in [1.165, 1.54) is 36.1 Å². The lowest BCUT2D eigenvalue weighted by Gasteiger charge is -2.32. The largest absolute Gasteiger partial charge is 0.355 e. The number of anilines is 1. The van der Waals surface area contributed by atoms with Gasteiger partial charge in [0, 0.05) is 18.3 Å². The average molecular weight is 348 g/mol. The second kappa shape index (κ2) is 7.53. The van der Waals surface area contributed by atoms with Crippen molar-refractivity contribution in [1.29, 1.82) is 0 Å². The number of carbonyl (C=O) groups is 1. The molecule has 0 spiro atoms. The Bertz CT molecular complexity index is 762. The van der Waals surface area contributed by atoms with Gasteiger partial charge in [-0.15, -0.1) is 0 Å². The van der Waals surface area contributed by atoms with Gasteiger partial charge in [0.05, 0.1) is 0 Å². The van der Waals surface area contributed by atoms with Gasteiger partial charge in [0.15, 0.2) is 0 Å². The molecule has 136 valence electrons. The van der Waals surface area contributed by atoms with Crippen LogP contribution in [-0.2, 0) is 11.2 Å². The van der Waals surface area contributed by atoms with E-state index >= 15 is 0 Å². The maximum atomic E-state index is 13.3. The summed E-state index contributed by atoms with van der Waals surface area (Å²) in [6, 6.07) is 17.0. The van der Waals surface area contributed by atoms with Gasteiger partial charge in [-0.3, -0.25) is 4.79 Å². The molecule has 1 aliphatic carbocycles. The zero-order valence-corrected chi connectivity index (χ0v) is 15.6. The van der Waals surface area contributed by atoms with Gasteiger partial charge < -0.3 is 10.2 Å². The Balaban J connectivity index is 1.63. The van der Waals surface area contributed by atoms with Gasteiger partial charge in [-0.1, -0.05) is 67.3 Å². The number of benzene rings is 2. The summed E-state index contributed by atoms with van der Waals surface area (Å²) in [5.41, 5.74) is 4.86. The Morgan fingerprint density at radius 2 is 1.77 bits per heavy atom. The van der Waals surface area contributed by atoms with Crippen molar-refractivity contribution in [2.24, 2.45) is 0 Å². The topological polar surface area (TPSA) is 32.3 Å². The van der Waals surface area contributed by atoms with Gasteiger partial charge in [-0.25, -0.2) is 0 Å². The fourth-order valence-corrected chi connectivity index (χ4v) is 4.38. The van der Waals surface area contributed by atoms with Crippen LogP contribution < -0.4 is 10.2 Å². The van der Waals surface area contributed by atoms with E-state index in [1.54, 1.807) is 0 Å². The van der Waals surface area contributed by atoms with E-state index in [0.717, 1.165) is 31.4 Å². The second-order valence-corrected chi connectivity index (χ2v) is 7.73. The van der Waals surface area contributed by atoms with E-state index in [2.05, 4.69) is 65.7 Å². The molecule has 0 aromatic heterocycles. The van der Waals surface area contributed by atoms with E-state index in [9.17, 15) is 4.79 Å². The highest BCUT2D eigenvalue weighted by molar-refractivity contribution is 5.87. The van der Waals surface area contributed by atoms with E-state index in [1.807, 2.05) is 0 Å². The molecular formula is C23H28N2O. The molecule has 0 radical (unpaired) electrons. The molecule has 0 saturated heterocycles. The van der Waals surface area contributed by atoms with Gasteiger partial charge in [0.2, 0.25) is 5.91 Å². The Labute approximate surface area is 156 Å². The van der Waals surface area contributed by atoms with Crippen molar-refractivity contribution in [3.8, 4) is 0 Å². The summed E-state index contributed by atoms with van der Waals surface area (Å²) in [7, 11) is 0. The molecule has 2 aromatic rings. The summed E-state index contributed by atoms with van der Waals surface area (Å²) in [6.07, 6.45) is 6.99. The third kappa shape index (κ3) is 3.48. The average Bonchev–Trinajstić information content (AvgIpc) is 3.08. The molecule has 1 saturated carbocycles. The third-order valence-electron chi connectivity index (χ3n) is 5.83. The number of nitrogens with zero attached hydrogens (tertiary/aromatic N) is 1. The van der Waals surface area contributed by atoms with Crippen LogP contribution in [0.25, 0.3) is 0 Å². The van der Waals surface area contributed by atoms with Crippen molar-refractivity contribution in [1.82, 2.24) is 5.32 Å². The number of nitrogens with one attached hydrogen (secondary N) is 1. The van der Waals surface area contributed by atoms with Crippen molar-refractivity contribution in [3.05, 3.63) is 65.2 Å². The maximum absolute atomic E-state index is 13.3. The summed E-state index contributed by atoms with van der Waals surface area (Å²) in [4.78, 5) is 15.6. The minimum atomic E-state index is -0.249. The summed E-state index contributed by atoms with van der Waals surface area (Å²) in [5, 5.41) is 3.36. The van der Waals surface area contributed by atoms with Crippen molar-refractivity contribution >= 4 is 11.6 Å². The first-order valence-electron chi connectivity index (χ1n) is 9.94. The van der Waals surface area contributed by atoms with Crippen molar-refractivity contribution < 1.29 is 4.79 Å². The molecule has 1 unspecified atom stereocenters. The zero-order valence-electron chi connectivity index (χ0n) is 15.6. The Hall–Kier alpha value is -2.29. The highest BCUT2D eigenvalue weighted by atomic mass is 16.2. The van der Waals surface area contributed by atoms with Gasteiger partial charge >= 0.3 is 0 Å². The first-order valence-corrected chi connectivity index (χ1v) is 9.94. The molecule has 3 nitrogen and oxygen atoms in total. The highest BCUT2D eigenvalue weighted by Gasteiger charge is 2.33. The smallest absolute Gasteiger partial charge is 0.247 e. The molecule has 2 aromatic carbocycles. The minimum absolute atomic E-state index is 0.150. The zero-order chi connectivity index (χ0) is 17.9. The van der Waals surface area contributed by atoms with Gasteiger partial charge in [-0.05, 0) is 43.4 Å². The van der Waals surface area contributed by atoms with Crippen molar-refractivity contribution in [2.45, 2.75) is 57.5 Å². The monoisotopic (exact) mass is 348 g/mol. The number of hydrogen-bond donors (Lipinski definition) is 1. The molecule has 26 heavy (non-hydrogen) atoms. The van der Waals surface area contributed by atoms with Crippen LogP contribution in [0.1, 0.15) is 54.8 Å². The van der Waals surface area contributed by atoms with E-state index < -0.39 is 0 Å². The number of carbonyl (C=O) groups excluding carboxylic acids is 1. The molecule has 1 fully saturated rings. The van der Waals surface area contributed by atoms with Gasteiger partial charge in [-0.2, -0.15) is 0 Å². The SMILES string of the molecule is Cc1ccc(C(C(=O)NC2CCCCC2)N2CCc3ccccc32)cc1. The quantitative estimate of drug-likeness (QED) is 0.879. The molecule has 3 heteroatoms. The van der Waals surface area contributed by atoms with Crippen LogP contribution in [0.15, 0.2) is 48.5 Å². The number of fused-ring (bicyclic) bond motifs is 1. The maximum Gasteiger partial charge on any atom is 0.247 e. The molecule has 1 aliphatic heterocycles. The van der Waals surface area contributed by atoms with Gasteiger partial charge in [0.1, 0.15) is 6.04 Å². The van der Waals surface area contributed by atoms with Crippen LogP contribution in [0, 0.1) is 6.92 Å². The summed E-state index contributed by atoms with van der Waals surface area (Å²) < 4.78 is 0. The number of hydrogen-bond acceptors (Lipinski definition) is 2. The fraction of sp³-hybridized carbons (Fsp3) is 0.435. The van der Waals surface area contributed by atoms with Crippen molar-refractivity contribution in [3.63, 3.8) is 0 Å². The lowest BCUT2D eigenvalue weighted by Crippen LogP contribution is -2.44. The molecular weight excluding hydrogens is 320 g/mol. The summed E-state index contributed by atoms with van der Waals surface area (Å²) >= 11 is 0. The third-order valence-corrected chi connectivity index (χ3v) is 5.83. The standard InChI is InChI=1S/C23H28N2O/c1-17-11-13-19(14-12-17)22(23(26)24-20-8-3-2-4-9-20)25-16-15-18-7-5-6-10-21(18)25/h5-7,10-14,20,22H,2-4,8-9,15-16H2,1H3,(H,24,26). The Kier molecular flexibility index (Phi) is 4.96. The predicted octanol–water partition coefficient (Wildman–Crippen LogP) is 4.55. The summed E-state index contributed by atoms with van der Waals surface area (Å²) in [6.45, 7) is 2.99. The Morgan fingerprint density at radius 1 is 1.04 bits per heavy atom. The molecule has 1 amide bonds. The minimum Gasteiger partial charge on any atom is -0.355 e. The normalized spacial score (nSPS) is 18.4. The number of para-hydroxylation sites is 1. The van der Waals surface area contributed by atoms with Crippen LogP contribution in [0.2, 0.25) is 0 Å². The fourth-order valence-electron chi connectivity index (χ4n) is 4.38. The molecule has 1 heterocycles. The lowest BCUT2D eigenvalue weighted by molar-refractivity contribution is -0.123. The van der Waals surface area contributed by atoms with Crippen LogP contribution >= 0.6 is 0 Å². The van der Waals surface area contributed by atoms with Gasteiger partial charge in [0.25, 0.3) is 0 Å². The second-order valence-electron chi connectivity index (χ2n) is 7.73. The number of amides is 1. The van der Waals surface area contributed by atoms with Crippen LogP contribution in [0.5, 0.6) is 0 Å². The molecule has 0 bridgehead atoms. The van der Waals surface area contributed by atoms with Crippen LogP contribution in [0.3, 0.4) is 0 Å². The van der Waals surface area contributed by atoms with Crippen LogP contribution in [0.4, 0.5) is 5.69 Å². The Morgan fingerprint density at radius 3 is 2.54 bits per heavy atom. The van der Waals surface area contributed by atoms with E-state index in [0.29, 0.717) is 6.04 Å². The molecule has 2 aliphatic rings. The van der Waals surface area contributed by atoms with E-state index in [-0.39, 0.29) is 11.9 Å². The summed E-state index contributed by atoms with van der Waals surface area (Å²) in [5.74, 6) is 0.150. The first-order chi connectivity index (χ1) is 12.7. The first kappa shape index (κ1) is 17.1. The van der Waals surface area contributed by atoms with E-state index in [4.69, 9.17) is 0 Å². The van der Waals surface area contributed by atoms with Crippen LogP contribution in [-0.4, -0.2) is 18.5 Å². The predicted molar refractivity (Wildman–Crippen MR) is 106 cm³/mol. The molecule has 1 N–H and O–H groups in total.